The molecule has 0 heterocycles. The topological polar surface area (TPSA) is 35.2 Å². The van der Waals surface area contributed by atoms with Gasteiger partial charge in [-0.25, -0.2) is 0 Å². The summed E-state index contributed by atoms with van der Waals surface area (Å²) in [7, 11) is 0. The van der Waals surface area contributed by atoms with Crippen LogP contribution in [0.5, 0.6) is 5.75 Å². The number of rotatable bonds is 5. The molecule has 0 spiro atoms. The van der Waals surface area contributed by atoms with E-state index >= 15 is 0 Å². The van der Waals surface area contributed by atoms with Crippen LogP contribution in [0.2, 0.25) is 0 Å². The monoisotopic (exact) mass is 207 g/mol. The van der Waals surface area contributed by atoms with E-state index in [0.717, 1.165) is 25.2 Å². The zero-order chi connectivity index (χ0) is 11.3. The number of hydrogen-bond donors (Lipinski definition) is 1. The zero-order valence-corrected chi connectivity index (χ0v) is 9.92. The second-order valence-electron chi connectivity index (χ2n) is 4.05. The third kappa shape index (κ3) is 3.92. The highest BCUT2D eigenvalue weighted by Gasteiger charge is 2.01. The summed E-state index contributed by atoms with van der Waals surface area (Å²) >= 11 is 0. The van der Waals surface area contributed by atoms with Crippen LogP contribution in [0, 0.1) is 6.92 Å². The lowest BCUT2D eigenvalue weighted by atomic mass is 10.0. The van der Waals surface area contributed by atoms with E-state index in [0.29, 0.717) is 0 Å². The molecule has 0 radical (unpaired) electrons. The SMILES string of the molecule is CCOc1ccc(CCC(C)N)cc1C. The van der Waals surface area contributed by atoms with E-state index < -0.39 is 0 Å². The van der Waals surface area contributed by atoms with Crippen molar-refractivity contribution in [1.82, 2.24) is 0 Å². The van der Waals surface area contributed by atoms with Crippen molar-refractivity contribution in [3.8, 4) is 5.75 Å². The van der Waals surface area contributed by atoms with Gasteiger partial charge in [-0.05, 0) is 50.8 Å². The summed E-state index contributed by atoms with van der Waals surface area (Å²) < 4.78 is 5.49. The standard InChI is InChI=1S/C13H21NO/c1-4-15-13-8-7-12(9-10(13)2)6-5-11(3)14/h7-9,11H,4-6,14H2,1-3H3. The number of benzene rings is 1. The molecular formula is C13H21NO. The van der Waals surface area contributed by atoms with Crippen molar-refractivity contribution in [2.45, 2.75) is 39.7 Å². The Hall–Kier alpha value is -1.02. The molecular weight excluding hydrogens is 186 g/mol. The van der Waals surface area contributed by atoms with Crippen LogP contribution in [0.1, 0.15) is 31.4 Å². The molecule has 1 atom stereocenters. The number of ether oxygens (including phenoxy) is 1. The largest absolute Gasteiger partial charge is 0.494 e. The summed E-state index contributed by atoms with van der Waals surface area (Å²) in [5.74, 6) is 0.988. The normalized spacial score (nSPS) is 12.5. The minimum absolute atomic E-state index is 0.275. The molecule has 15 heavy (non-hydrogen) atoms. The molecule has 0 fully saturated rings. The summed E-state index contributed by atoms with van der Waals surface area (Å²) in [6, 6.07) is 6.64. The molecule has 0 aliphatic rings. The highest BCUT2D eigenvalue weighted by atomic mass is 16.5. The van der Waals surface area contributed by atoms with E-state index in [-0.39, 0.29) is 6.04 Å². The van der Waals surface area contributed by atoms with Crippen LogP contribution in [0.15, 0.2) is 18.2 Å². The molecule has 2 heteroatoms. The van der Waals surface area contributed by atoms with Crippen molar-refractivity contribution in [2.75, 3.05) is 6.61 Å². The number of nitrogens with two attached hydrogens (primary N) is 1. The lowest BCUT2D eigenvalue weighted by molar-refractivity contribution is 0.338. The van der Waals surface area contributed by atoms with Gasteiger partial charge in [0.2, 0.25) is 0 Å². The molecule has 0 saturated carbocycles. The van der Waals surface area contributed by atoms with E-state index in [4.69, 9.17) is 10.5 Å². The van der Waals surface area contributed by atoms with Crippen LogP contribution in [-0.2, 0) is 6.42 Å². The van der Waals surface area contributed by atoms with Crippen molar-refractivity contribution in [3.05, 3.63) is 29.3 Å². The van der Waals surface area contributed by atoms with Gasteiger partial charge in [0.25, 0.3) is 0 Å². The summed E-state index contributed by atoms with van der Waals surface area (Å²) in [6.07, 6.45) is 2.08. The summed E-state index contributed by atoms with van der Waals surface area (Å²) in [5, 5.41) is 0. The highest BCUT2D eigenvalue weighted by Crippen LogP contribution is 2.19. The molecule has 1 rings (SSSR count). The first-order chi connectivity index (χ1) is 7.13. The van der Waals surface area contributed by atoms with Crippen molar-refractivity contribution in [2.24, 2.45) is 5.73 Å². The molecule has 0 aliphatic carbocycles. The third-order valence-electron chi connectivity index (χ3n) is 2.43. The predicted octanol–water partition coefficient (Wildman–Crippen LogP) is 2.67. The Kier molecular flexibility index (Phi) is 4.63. The average Bonchev–Trinajstić information content (AvgIpc) is 2.19. The summed E-state index contributed by atoms with van der Waals surface area (Å²) in [5.41, 5.74) is 8.28. The van der Waals surface area contributed by atoms with Crippen molar-refractivity contribution in [1.29, 1.82) is 0 Å². The molecule has 0 aliphatic heterocycles. The van der Waals surface area contributed by atoms with Crippen molar-refractivity contribution >= 4 is 0 Å². The van der Waals surface area contributed by atoms with Gasteiger partial charge in [0.1, 0.15) is 5.75 Å². The molecule has 1 aromatic rings. The van der Waals surface area contributed by atoms with Crippen LogP contribution < -0.4 is 10.5 Å². The van der Waals surface area contributed by atoms with Crippen LogP contribution in [-0.4, -0.2) is 12.6 Å². The van der Waals surface area contributed by atoms with E-state index in [1.54, 1.807) is 0 Å². The Balaban J connectivity index is 2.64. The second kappa shape index (κ2) is 5.76. The summed E-state index contributed by atoms with van der Waals surface area (Å²) in [6.45, 7) is 6.85. The van der Waals surface area contributed by atoms with Gasteiger partial charge in [-0.2, -0.15) is 0 Å². The molecule has 84 valence electrons. The van der Waals surface area contributed by atoms with E-state index in [2.05, 4.69) is 25.1 Å². The van der Waals surface area contributed by atoms with E-state index in [9.17, 15) is 0 Å². The van der Waals surface area contributed by atoms with Crippen molar-refractivity contribution in [3.63, 3.8) is 0 Å². The second-order valence-corrected chi connectivity index (χ2v) is 4.05. The van der Waals surface area contributed by atoms with Gasteiger partial charge in [-0.1, -0.05) is 12.1 Å². The number of aryl methyl sites for hydroxylation is 2. The molecule has 0 saturated heterocycles. The minimum Gasteiger partial charge on any atom is -0.494 e. The van der Waals surface area contributed by atoms with E-state index in [1.807, 2.05) is 13.8 Å². The first-order valence-corrected chi connectivity index (χ1v) is 5.61. The lowest BCUT2D eigenvalue weighted by Gasteiger charge is -2.10. The fraction of sp³-hybridized carbons (Fsp3) is 0.538. The fourth-order valence-corrected chi connectivity index (χ4v) is 1.58. The van der Waals surface area contributed by atoms with Gasteiger partial charge in [0, 0.05) is 6.04 Å². The molecule has 0 amide bonds. The quantitative estimate of drug-likeness (QED) is 0.805. The third-order valence-corrected chi connectivity index (χ3v) is 2.43. The predicted molar refractivity (Wildman–Crippen MR) is 64.3 cm³/mol. The van der Waals surface area contributed by atoms with Gasteiger partial charge in [-0.3, -0.25) is 0 Å². The van der Waals surface area contributed by atoms with Crippen LogP contribution >= 0.6 is 0 Å². The van der Waals surface area contributed by atoms with Crippen LogP contribution in [0.4, 0.5) is 0 Å². The molecule has 1 unspecified atom stereocenters. The number of hydrogen-bond acceptors (Lipinski definition) is 2. The summed E-state index contributed by atoms with van der Waals surface area (Å²) in [4.78, 5) is 0. The van der Waals surface area contributed by atoms with Gasteiger partial charge in [0.15, 0.2) is 0 Å². The molecule has 1 aromatic carbocycles. The Bertz CT molecular complexity index is 307. The Morgan fingerprint density at radius 2 is 2.13 bits per heavy atom. The van der Waals surface area contributed by atoms with Gasteiger partial charge in [0.05, 0.1) is 6.61 Å². The fourth-order valence-electron chi connectivity index (χ4n) is 1.58. The van der Waals surface area contributed by atoms with Crippen LogP contribution in [0.3, 0.4) is 0 Å². The maximum absolute atomic E-state index is 5.73. The average molecular weight is 207 g/mol. The Morgan fingerprint density at radius 1 is 1.40 bits per heavy atom. The molecule has 2 N–H and O–H groups in total. The maximum Gasteiger partial charge on any atom is 0.122 e. The lowest BCUT2D eigenvalue weighted by Crippen LogP contribution is -2.15. The Morgan fingerprint density at radius 3 is 2.67 bits per heavy atom. The first-order valence-electron chi connectivity index (χ1n) is 5.61. The first kappa shape index (κ1) is 12.1. The zero-order valence-electron chi connectivity index (χ0n) is 9.92. The molecule has 2 nitrogen and oxygen atoms in total. The maximum atomic E-state index is 5.73. The van der Waals surface area contributed by atoms with E-state index in [1.165, 1.54) is 11.1 Å². The van der Waals surface area contributed by atoms with Crippen molar-refractivity contribution < 1.29 is 4.74 Å². The Labute approximate surface area is 92.4 Å². The molecule has 0 aromatic heterocycles. The smallest absolute Gasteiger partial charge is 0.122 e. The van der Waals surface area contributed by atoms with Crippen LogP contribution in [0.25, 0.3) is 0 Å². The van der Waals surface area contributed by atoms with Gasteiger partial charge < -0.3 is 10.5 Å². The highest BCUT2D eigenvalue weighted by molar-refractivity contribution is 5.36. The minimum atomic E-state index is 0.275. The molecule has 0 bridgehead atoms. The van der Waals surface area contributed by atoms with Gasteiger partial charge >= 0.3 is 0 Å². The van der Waals surface area contributed by atoms with Gasteiger partial charge in [-0.15, -0.1) is 0 Å².